The first-order valence-electron chi connectivity index (χ1n) is 7.03. The molecule has 0 aromatic carbocycles. The molecule has 1 aromatic rings. The zero-order valence-corrected chi connectivity index (χ0v) is 11.9. The Hall–Kier alpha value is -1.62. The summed E-state index contributed by atoms with van der Waals surface area (Å²) in [6.45, 7) is 6.24. The Kier molecular flexibility index (Phi) is 3.17. The fraction of sp³-hybridized carbons (Fsp3) is 0.600. The predicted octanol–water partition coefficient (Wildman–Crippen LogP) is 1.63. The molecule has 2 aliphatic heterocycles. The summed E-state index contributed by atoms with van der Waals surface area (Å²) in [4.78, 5) is 18.3. The fourth-order valence-electron chi connectivity index (χ4n) is 3.48. The number of carbonyl (C=O) groups is 1. The van der Waals surface area contributed by atoms with E-state index in [0.29, 0.717) is 19.8 Å². The summed E-state index contributed by atoms with van der Waals surface area (Å²) in [5.74, 6) is -0.560. The molecule has 3 rings (SSSR count). The zero-order chi connectivity index (χ0) is 14.3. The Balaban J connectivity index is 1.92. The molecule has 2 fully saturated rings. The van der Waals surface area contributed by atoms with Crippen molar-refractivity contribution in [2.75, 3.05) is 31.2 Å². The Morgan fingerprint density at radius 2 is 2.15 bits per heavy atom. The number of nitrogens with zero attached hydrogens (tertiary/aromatic N) is 2. The number of hydrogen-bond donors (Lipinski definition) is 1. The molecule has 0 saturated carbocycles. The number of pyridine rings is 1. The van der Waals surface area contributed by atoms with Crippen molar-refractivity contribution >= 4 is 11.7 Å². The molecule has 5 nitrogen and oxygen atoms in total. The number of carboxylic acids is 1. The number of rotatable bonds is 2. The molecule has 0 bridgehead atoms. The van der Waals surface area contributed by atoms with Gasteiger partial charge in [-0.15, -0.1) is 0 Å². The molecule has 5 heteroatoms. The van der Waals surface area contributed by atoms with Crippen LogP contribution in [-0.4, -0.2) is 42.4 Å². The maximum atomic E-state index is 11.7. The van der Waals surface area contributed by atoms with Gasteiger partial charge >= 0.3 is 5.97 Å². The first-order chi connectivity index (χ1) is 9.51. The Morgan fingerprint density at radius 1 is 1.45 bits per heavy atom. The van der Waals surface area contributed by atoms with Gasteiger partial charge in [-0.25, -0.2) is 0 Å². The molecule has 3 heterocycles. The highest BCUT2D eigenvalue weighted by Gasteiger charge is 2.54. The summed E-state index contributed by atoms with van der Waals surface area (Å²) in [6.07, 6.45) is 0.825. The van der Waals surface area contributed by atoms with Gasteiger partial charge in [0.2, 0.25) is 0 Å². The molecule has 2 saturated heterocycles. The average molecular weight is 276 g/mol. The Bertz CT molecular complexity index is 526. The minimum Gasteiger partial charge on any atom is -0.481 e. The van der Waals surface area contributed by atoms with Gasteiger partial charge in [-0.3, -0.25) is 9.78 Å². The summed E-state index contributed by atoms with van der Waals surface area (Å²) in [7, 11) is 0. The molecule has 1 N–H and O–H groups in total. The van der Waals surface area contributed by atoms with Gasteiger partial charge in [-0.2, -0.15) is 0 Å². The predicted molar refractivity (Wildman–Crippen MR) is 74.9 cm³/mol. The second kappa shape index (κ2) is 4.74. The molecule has 2 aliphatic rings. The third kappa shape index (κ3) is 2.06. The summed E-state index contributed by atoms with van der Waals surface area (Å²) in [6, 6.07) is 4.06. The van der Waals surface area contributed by atoms with E-state index in [1.54, 1.807) is 0 Å². The highest BCUT2D eigenvalue weighted by atomic mass is 16.5. The minimum atomic E-state index is -0.747. The lowest BCUT2D eigenvalue weighted by atomic mass is 9.76. The van der Waals surface area contributed by atoms with Crippen LogP contribution in [0.15, 0.2) is 12.1 Å². The largest absolute Gasteiger partial charge is 0.481 e. The number of aromatic nitrogens is 1. The number of hydrogen-bond acceptors (Lipinski definition) is 4. The van der Waals surface area contributed by atoms with Crippen molar-refractivity contribution in [2.24, 2.45) is 11.3 Å². The second-order valence-corrected chi connectivity index (χ2v) is 5.99. The molecule has 0 amide bonds. The number of anilines is 1. The van der Waals surface area contributed by atoms with Crippen LogP contribution in [0.4, 0.5) is 5.69 Å². The third-order valence-electron chi connectivity index (χ3n) is 4.52. The van der Waals surface area contributed by atoms with Crippen molar-refractivity contribution in [2.45, 2.75) is 20.3 Å². The summed E-state index contributed by atoms with van der Waals surface area (Å²) in [5.41, 5.74) is 2.26. The van der Waals surface area contributed by atoms with E-state index in [-0.39, 0.29) is 5.92 Å². The lowest BCUT2D eigenvalue weighted by Crippen LogP contribution is -2.46. The van der Waals surface area contributed by atoms with Crippen LogP contribution in [0.1, 0.15) is 17.8 Å². The molecule has 0 spiro atoms. The molecule has 2 atom stereocenters. The number of ether oxygens (including phenoxy) is 1. The Labute approximate surface area is 118 Å². The third-order valence-corrected chi connectivity index (χ3v) is 4.52. The molecular weight excluding hydrogens is 256 g/mol. The lowest BCUT2D eigenvalue weighted by molar-refractivity contribution is -0.159. The normalized spacial score (nSPS) is 29.3. The van der Waals surface area contributed by atoms with Gasteiger partial charge in [-0.05, 0) is 38.3 Å². The number of aryl methyl sites for hydroxylation is 2. The van der Waals surface area contributed by atoms with Crippen molar-refractivity contribution in [3.05, 3.63) is 23.5 Å². The number of aliphatic carboxylic acids is 1. The molecule has 0 unspecified atom stereocenters. The molecule has 0 radical (unpaired) electrons. The Morgan fingerprint density at radius 3 is 2.75 bits per heavy atom. The van der Waals surface area contributed by atoms with Crippen LogP contribution in [0.2, 0.25) is 0 Å². The summed E-state index contributed by atoms with van der Waals surface area (Å²) in [5, 5.41) is 9.65. The van der Waals surface area contributed by atoms with Crippen molar-refractivity contribution in [1.29, 1.82) is 0 Å². The van der Waals surface area contributed by atoms with E-state index in [1.807, 2.05) is 26.0 Å². The molecule has 1 aromatic heterocycles. The van der Waals surface area contributed by atoms with E-state index in [0.717, 1.165) is 30.0 Å². The SMILES string of the molecule is Cc1cc(N2C[C@@H]3CCOC[C@]3(C(=O)O)C2)cc(C)n1. The van der Waals surface area contributed by atoms with Crippen molar-refractivity contribution in [3.63, 3.8) is 0 Å². The number of fused-ring (bicyclic) bond motifs is 1. The minimum absolute atomic E-state index is 0.169. The first kappa shape index (κ1) is 13.4. The topological polar surface area (TPSA) is 62.7 Å². The summed E-state index contributed by atoms with van der Waals surface area (Å²) >= 11 is 0. The van der Waals surface area contributed by atoms with Gasteiger partial charge in [0.05, 0.1) is 6.61 Å². The van der Waals surface area contributed by atoms with Crippen LogP contribution in [0.3, 0.4) is 0 Å². The molecule has 0 aliphatic carbocycles. The maximum absolute atomic E-state index is 11.7. The van der Waals surface area contributed by atoms with Crippen LogP contribution >= 0.6 is 0 Å². The monoisotopic (exact) mass is 276 g/mol. The number of carboxylic acid groups (broad SMARTS) is 1. The van der Waals surface area contributed by atoms with Gasteiger partial charge in [0.15, 0.2) is 0 Å². The molecular formula is C15H20N2O3. The van der Waals surface area contributed by atoms with E-state index in [2.05, 4.69) is 9.88 Å². The van der Waals surface area contributed by atoms with Crippen molar-refractivity contribution in [1.82, 2.24) is 4.98 Å². The molecule has 20 heavy (non-hydrogen) atoms. The summed E-state index contributed by atoms with van der Waals surface area (Å²) < 4.78 is 5.46. The molecule has 108 valence electrons. The van der Waals surface area contributed by atoms with Crippen molar-refractivity contribution < 1.29 is 14.6 Å². The van der Waals surface area contributed by atoms with E-state index in [4.69, 9.17) is 4.74 Å². The van der Waals surface area contributed by atoms with Gasteiger partial charge in [0.1, 0.15) is 5.41 Å². The second-order valence-electron chi connectivity index (χ2n) is 5.99. The maximum Gasteiger partial charge on any atom is 0.314 e. The van der Waals surface area contributed by atoms with E-state index < -0.39 is 11.4 Å². The fourth-order valence-corrected chi connectivity index (χ4v) is 3.48. The van der Waals surface area contributed by atoms with Crippen LogP contribution in [-0.2, 0) is 9.53 Å². The standard InChI is InChI=1S/C15H20N2O3/c1-10-5-13(6-11(2)16-10)17-7-12-3-4-20-9-15(12,8-17)14(18)19/h5-6,12H,3-4,7-9H2,1-2H3,(H,18,19)/t12-,15+/m0/s1. The van der Waals surface area contributed by atoms with Crippen LogP contribution in [0.25, 0.3) is 0 Å². The highest BCUT2D eigenvalue weighted by molar-refractivity contribution is 5.78. The van der Waals surface area contributed by atoms with Crippen LogP contribution in [0, 0.1) is 25.2 Å². The average Bonchev–Trinajstić information content (AvgIpc) is 2.78. The highest BCUT2D eigenvalue weighted by Crippen LogP contribution is 2.43. The van der Waals surface area contributed by atoms with Gasteiger partial charge in [0.25, 0.3) is 0 Å². The zero-order valence-electron chi connectivity index (χ0n) is 11.9. The van der Waals surface area contributed by atoms with Gasteiger partial charge < -0.3 is 14.7 Å². The van der Waals surface area contributed by atoms with E-state index >= 15 is 0 Å². The van der Waals surface area contributed by atoms with Gasteiger partial charge in [-0.1, -0.05) is 0 Å². The first-order valence-corrected chi connectivity index (χ1v) is 7.03. The van der Waals surface area contributed by atoms with E-state index in [1.165, 1.54) is 0 Å². The van der Waals surface area contributed by atoms with Crippen LogP contribution < -0.4 is 4.90 Å². The quantitative estimate of drug-likeness (QED) is 0.889. The van der Waals surface area contributed by atoms with Crippen LogP contribution in [0.5, 0.6) is 0 Å². The lowest BCUT2D eigenvalue weighted by Gasteiger charge is -2.33. The van der Waals surface area contributed by atoms with Gasteiger partial charge in [0, 0.05) is 36.8 Å². The van der Waals surface area contributed by atoms with E-state index in [9.17, 15) is 9.90 Å². The smallest absolute Gasteiger partial charge is 0.314 e. The van der Waals surface area contributed by atoms with Crippen molar-refractivity contribution in [3.8, 4) is 0 Å².